The number of nitrogens with one attached hydrogen (secondary N) is 1. The van der Waals surface area contributed by atoms with Gasteiger partial charge in [0.05, 0.1) is 11.1 Å². The lowest BCUT2D eigenvalue weighted by Crippen LogP contribution is -2.71. The number of β-lactam (4-membered cyclic amide) rings is 1. The van der Waals surface area contributed by atoms with Crippen LogP contribution < -0.4 is 11.1 Å². The number of esters is 1. The van der Waals surface area contributed by atoms with Gasteiger partial charge in [0.2, 0.25) is 5.60 Å². The SMILES string of the molecule is CCOC(=O)C(CC1=C(C(=O)O)N2C(=O)[C@@H](NC(=O)/C(=N\OC(C)(C)C(=O)O)c3csc(N)n3)[C@H]2SC1)C(=O)c1cc(O)c(O)c(Br)c1. The molecule has 2 aromatic rings. The number of ketones is 1. The molecule has 2 aliphatic rings. The number of carbonyl (C=O) groups excluding carboxylic acids is 4. The fourth-order valence-corrected chi connectivity index (χ4v) is 6.91. The highest BCUT2D eigenvalue weighted by Gasteiger charge is 2.55. The summed E-state index contributed by atoms with van der Waals surface area (Å²) in [7, 11) is 0. The van der Waals surface area contributed by atoms with E-state index in [1.807, 2.05) is 0 Å². The summed E-state index contributed by atoms with van der Waals surface area (Å²) in [5, 5.41) is 46.0. The van der Waals surface area contributed by atoms with Crippen LogP contribution in [0.2, 0.25) is 0 Å². The average Bonchev–Trinajstić information content (AvgIpc) is 3.45. The molecular weight excluding hydrogens is 742 g/mol. The number of oxime groups is 1. The fourth-order valence-electron chi connectivity index (χ4n) is 4.55. The summed E-state index contributed by atoms with van der Waals surface area (Å²) in [5.41, 5.74) is 2.69. The van der Waals surface area contributed by atoms with Crippen molar-refractivity contribution in [1.29, 1.82) is 0 Å². The molecule has 3 heterocycles. The van der Waals surface area contributed by atoms with Gasteiger partial charge in [0, 0.05) is 16.7 Å². The van der Waals surface area contributed by atoms with Gasteiger partial charge in [0.25, 0.3) is 11.8 Å². The van der Waals surface area contributed by atoms with Crippen LogP contribution in [0.4, 0.5) is 5.13 Å². The number of ether oxygens (including phenoxy) is 1. The molecule has 0 aliphatic carbocycles. The number of hydrogen-bond donors (Lipinski definition) is 6. The third kappa shape index (κ3) is 7.24. The number of nitrogen functional groups attached to an aromatic ring is 1. The second kappa shape index (κ2) is 14.2. The molecule has 0 bridgehead atoms. The topological polar surface area (TPSA) is 268 Å². The molecule has 1 fully saturated rings. The first-order valence-corrected chi connectivity index (χ1v) is 16.5. The quantitative estimate of drug-likeness (QED) is 0.0322. The Hall–Kier alpha value is -4.69. The van der Waals surface area contributed by atoms with Crippen molar-refractivity contribution in [1.82, 2.24) is 15.2 Å². The number of rotatable bonds is 13. The lowest BCUT2D eigenvalue weighted by molar-refractivity contribution is -0.161. The van der Waals surface area contributed by atoms with Gasteiger partial charge in [-0.05, 0) is 60.8 Å². The fraction of sp³-hybridized carbons (Fsp3) is 0.357. The molecule has 20 heteroatoms. The summed E-state index contributed by atoms with van der Waals surface area (Å²) < 4.78 is 5.04. The van der Waals surface area contributed by atoms with Gasteiger partial charge in [-0.2, -0.15) is 0 Å². The van der Waals surface area contributed by atoms with Gasteiger partial charge >= 0.3 is 17.9 Å². The Morgan fingerprint density at radius 3 is 2.48 bits per heavy atom. The van der Waals surface area contributed by atoms with Crippen LogP contribution in [0.1, 0.15) is 43.2 Å². The molecule has 1 unspecified atom stereocenters. The second-order valence-corrected chi connectivity index (χ2v) is 13.6. The van der Waals surface area contributed by atoms with Crippen molar-refractivity contribution in [3.63, 3.8) is 0 Å². The Morgan fingerprint density at radius 2 is 1.92 bits per heavy atom. The van der Waals surface area contributed by atoms with Crippen LogP contribution in [-0.4, -0.2) is 101 Å². The molecule has 2 amide bonds. The number of aromatic nitrogens is 1. The number of nitrogens with zero attached hydrogens (tertiary/aromatic N) is 3. The zero-order chi connectivity index (χ0) is 35.7. The molecule has 0 saturated carbocycles. The van der Waals surface area contributed by atoms with Crippen molar-refractivity contribution in [2.24, 2.45) is 11.1 Å². The Bertz CT molecular complexity index is 1750. The van der Waals surface area contributed by atoms with Crippen molar-refractivity contribution in [3.05, 3.63) is 44.5 Å². The van der Waals surface area contributed by atoms with Gasteiger partial charge in [-0.25, -0.2) is 14.6 Å². The third-order valence-electron chi connectivity index (χ3n) is 7.06. The highest BCUT2D eigenvalue weighted by atomic mass is 79.9. The molecule has 17 nitrogen and oxygen atoms in total. The van der Waals surface area contributed by atoms with E-state index in [4.69, 9.17) is 15.3 Å². The number of carboxylic acid groups (broad SMARTS) is 2. The first-order valence-electron chi connectivity index (χ1n) is 13.8. The number of phenolic OH excluding ortho intramolecular Hbond substituents is 2. The number of anilines is 1. The summed E-state index contributed by atoms with van der Waals surface area (Å²) in [6, 6.07) is 0.871. The van der Waals surface area contributed by atoms with E-state index in [0.717, 1.165) is 34.1 Å². The zero-order valence-electron chi connectivity index (χ0n) is 25.3. The molecule has 3 atom stereocenters. The monoisotopic (exact) mass is 769 g/mol. The maximum Gasteiger partial charge on any atom is 0.352 e. The minimum absolute atomic E-state index is 0.0298. The molecular formula is C28H28BrN5O12S2. The van der Waals surface area contributed by atoms with Gasteiger partial charge in [-0.3, -0.25) is 24.1 Å². The smallest absolute Gasteiger partial charge is 0.352 e. The van der Waals surface area contributed by atoms with Crippen molar-refractivity contribution in [2.75, 3.05) is 18.1 Å². The number of carbonyl (C=O) groups is 6. The third-order valence-corrected chi connectivity index (χ3v) is 9.68. The van der Waals surface area contributed by atoms with Crippen LogP contribution in [0.3, 0.4) is 0 Å². The molecule has 0 spiro atoms. The maximum atomic E-state index is 13.5. The largest absolute Gasteiger partial charge is 0.504 e. The number of nitrogens with two attached hydrogens (primary N) is 1. The molecule has 1 saturated heterocycles. The number of halogens is 1. The number of amides is 2. The Morgan fingerprint density at radius 1 is 1.23 bits per heavy atom. The predicted octanol–water partition coefficient (Wildman–Crippen LogP) is 1.67. The zero-order valence-corrected chi connectivity index (χ0v) is 28.5. The molecule has 2 aliphatic heterocycles. The number of Topliss-reactive ketones (excluding diaryl/α,β-unsaturated/α-hetero) is 1. The van der Waals surface area contributed by atoms with Crippen molar-refractivity contribution >= 4 is 85.4 Å². The number of carboxylic acids is 2. The van der Waals surface area contributed by atoms with E-state index in [2.05, 4.69) is 31.4 Å². The average molecular weight is 771 g/mol. The van der Waals surface area contributed by atoms with E-state index in [0.29, 0.717) is 0 Å². The number of thioether (sulfide) groups is 1. The summed E-state index contributed by atoms with van der Waals surface area (Å²) in [6.07, 6.45) is -0.460. The molecule has 7 N–H and O–H groups in total. The number of phenols is 2. The van der Waals surface area contributed by atoms with E-state index >= 15 is 0 Å². The Balaban J connectivity index is 1.61. The lowest BCUT2D eigenvalue weighted by Gasteiger charge is -2.49. The number of fused-ring (bicyclic) bond motifs is 1. The highest BCUT2D eigenvalue weighted by Crippen LogP contribution is 2.43. The van der Waals surface area contributed by atoms with Crippen LogP contribution in [0.15, 0.2) is 38.4 Å². The van der Waals surface area contributed by atoms with E-state index in [1.165, 1.54) is 32.2 Å². The maximum absolute atomic E-state index is 13.5. The number of hydrogen-bond acceptors (Lipinski definition) is 15. The number of benzene rings is 1. The van der Waals surface area contributed by atoms with E-state index in [9.17, 15) is 49.2 Å². The molecule has 4 rings (SSSR count). The van der Waals surface area contributed by atoms with Gasteiger partial charge in [0.1, 0.15) is 28.7 Å². The Kier molecular flexibility index (Phi) is 10.7. The molecule has 0 radical (unpaired) electrons. The number of aromatic hydroxyl groups is 2. The molecule has 48 heavy (non-hydrogen) atoms. The van der Waals surface area contributed by atoms with E-state index in [1.54, 1.807) is 0 Å². The lowest BCUT2D eigenvalue weighted by atomic mass is 9.89. The van der Waals surface area contributed by atoms with E-state index in [-0.39, 0.29) is 38.8 Å². The van der Waals surface area contributed by atoms with Crippen LogP contribution in [0.25, 0.3) is 0 Å². The van der Waals surface area contributed by atoms with Gasteiger partial charge in [-0.15, -0.1) is 23.1 Å². The predicted molar refractivity (Wildman–Crippen MR) is 172 cm³/mol. The van der Waals surface area contributed by atoms with Crippen LogP contribution in [-0.2, 0) is 33.5 Å². The minimum Gasteiger partial charge on any atom is -0.504 e. The van der Waals surface area contributed by atoms with Crippen LogP contribution >= 0.6 is 39.0 Å². The standard InChI is InChI=1S/C28H28BrN5O12S2/c1-4-45-25(42)12(19(36)10-6-13(29)20(37)15(35)7-10)5-11-8-47-23-17(22(39)34(23)18(11)24(40)41)32-21(38)16(14-9-48-27(30)31-14)33-46-28(2,3)26(43)44/h6-7,9,12,17,23,35,37H,4-5,8H2,1-3H3,(H2,30,31)(H,32,38)(H,40,41)(H,43,44)/b33-16-/t12?,17-,23-/m1/s1. The van der Waals surface area contributed by atoms with Gasteiger partial charge in [0.15, 0.2) is 28.1 Å². The van der Waals surface area contributed by atoms with E-state index < -0.39 is 87.8 Å². The summed E-state index contributed by atoms with van der Waals surface area (Å²) in [5.74, 6) is -9.35. The minimum atomic E-state index is -1.84. The highest BCUT2D eigenvalue weighted by molar-refractivity contribution is 9.10. The first kappa shape index (κ1) is 36.2. The first-order chi connectivity index (χ1) is 22.5. The van der Waals surface area contributed by atoms with Gasteiger partial charge in [-0.1, -0.05) is 5.16 Å². The number of thiazole rings is 1. The molecule has 256 valence electrons. The van der Waals surface area contributed by atoms with Crippen molar-refractivity contribution < 1.29 is 58.8 Å². The van der Waals surface area contributed by atoms with Crippen LogP contribution in [0.5, 0.6) is 11.5 Å². The van der Waals surface area contributed by atoms with Crippen molar-refractivity contribution in [3.8, 4) is 11.5 Å². The van der Waals surface area contributed by atoms with Crippen LogP contribution in [0, 0.1) is 5.92 Å². The second-order valence-electron chi connectivity index (χ2n) is 10.7. The van der Waals surface area contributed by atoms with Gasteiger partial charge < -0.3 is 41.1 Å². The molecule has 1 aromatic heterocycles. The summed E-state index contributed by atoms with van der Waals surface area (Å²) >= 11 is 5.03. The summed E-state index contributed by atoms with van der Waals surface area (Å²) in [6.45, 7) is 3.80. The normalized spacial score (nSPS) is 18.4. The number of aliphatic carboxylic acids is 2. The molecule has 1 aromatic carbocycles. The van der Waals surface area contributed by atoms with Crippen molar-refractivity contribution in [2.45, 2.75) is 44.2 Å². The summed E-state index contributed by atoms with van der Waals surface area (Å²) in [4.78, 5) is 87.0. The Labute approximate surface area is 287 Å².